The van der Waals surface area contributed by atoms with Crippen molar-refractivity contribution >= 4 is 17.9 Å². The van der Waals surface area contributed by atoms with Crippen molar-refractivity contribution < 1.29 is 64.4 Å². The largest absolute Gasteiger partial charge is 0.491 e. The van der Waals surface area contributed by atoms with Crippen molar-refractivity contribution in [1.82, 2.24) is 0 Å². The molecule has 0 amide bonds. The van der Waals surface area contributed by atoms with Crippen molar-refractivity contribution in [3.63, 3.8) is 0 Å². The van der Waals surface area contributed by atoms with Crippen molar-refractivity contribution in [2.75, 3.05) is 6.61 Å². The van der Waals surface area contributed by atoms with Gasteiger partial charge in [-0.15, -0.1) is 0 Å². The number of hydrogen-bond acceptors (Lipinski definition) is 8. The second-order valence-corrected chi connectivity index (χ2v) is 5.66. The Labute approximate surface area is 145 Å². The molecule has 0 aliphatic carbocycles. The first kappa shape index (κ1) is 21.0. The molecule has 2 atom stereocenters. The molecule has 0 bridgehead atoms. The predicted octanol–water partition coefficient (Wildman–Crippen LogP) is 1.49. The van der Waals surface area contributed by atoms with E-state index in [0.29, 0.717) is 0 Å². The van der Waals surface area contributed by atoms with E-state index in [-0.39, 0.29) is 6.61 Å². The average molecular weight is 408 g/mol. The van der Waals surface area contributed by atoms with Crippen LogP contribution in [0.5, 0.6) is 0 Å². The lowest BCUT2D eigenvalue weighted by atomic mass is 10.2. The highest BCUT2D eigenvalue weighted by Crippen LogP contribution is 2.36. The third-order valence-electron chi connectivity index (χ3n) is 3.13. The lowest BCUT2D eigenvalue weighted by Crippen LogP contribution is -2.35. The van der Waals surface area contributed by atoms with Crippen LogP contribution in [-0.2, 0) is 38.1 Å². The first-order valence-corrected chi connectivity index (χ1v) is 6.97. The molecule has 0 spiro atoms. The fourth-order valence-electron chi connectivity index (χ4n) is 2.07. The zero-order chi connectivity index (χ0) is 20.8. The van der Waals surface area contributed by atoms with Crippen LogP contribution in [0.3, 0.4) is 0 Å². The fraction of sp³-hybridized carbons (Fsp3) is 0.615. The molecule has 0 unspecified atom stereocenters. The molecule has 0 saturated carbocycles. The lowest BCUT2D eigenvalue weighted by molar-refractivity contribution is -0.199. The maximum absolute atomic E-state index is 12.4. The Morgan fingerprint density at radius 3 is 2.00 bits per heavy atom. The van der Waals surface area contributed by atoms with Gasteiger partial charge in [-0.05, 0) is 13.8 Å². The van der Waals surface area contributed by atoms with Crippen LogP contribution in [0.1, 0.15) is 13.8 Å². The van der Waals surface area contributed by atoms with Gasteiger partial charge < -0.3 is 23.7 Å². The summed E-state index contributed by atoms with van der Waals surface area (Å²) in [5, 5.41) is 0. The summed E-state index contributed by atoms with van der Waals surface area (Å²) in [6.45, 7) is 2.40. The number of hydrogen-bond donors (Lipinski definition) is 0. The quantitative estimate of drug-likeness (QED) is 0.394. The third kappa shape index (κ3) is 4.68. The summed E-state index contributed by atoms with van der Waals surface area (Å²) < 4.78 is 96.9. The highest BCUT2D eigenvalue weighted by Gasteiger charge is 2.53. The molecule has 0 aromatic heterocycles. The van der Waals surface area contributed by atoms with Gasteiger partial charge >= 0.3 is 30.3 Å². The SMILES string of the molecule is CC1(C)OC[C@@H]([C@H]2OC(=O)C(OC(=O)C(F)(F)F)=C2OC(=O)C(F)(F)F)O1. The minimum atomic E-state index is -5.58. The molecule has 0 radical (unpaired) electrons. The molecule has 2 rings (SSSR count). The number of esters is 3. The molecule has 1 saturated heterocycles. The van der Waals surface area contributed by atoms with Crippen LogP contribution in [0.2, 0.25) is 0 Å². The lowest BCUT2D eigenvalue weighted by Gasteiger charge is -2.21. The van der Waals surface area contributed by atoms with E-state index >= 15 is 0 Å². The van der Waals surface area contributed by atoms with Gasteiger partial charge in [0, 0.05) is 0 Å². The van der Waals surface area contributed by atoms with Crippen LogP contribution in [0.4, 0.5) is 26.3 Å². The van der Waals surface area contributed by atoms with E-state index in [2.05, 4.69) is 14.2 Å². The highest BCUT2D eigenvalue weighted by atomic mass is 19.4. The van der Waals surface area contributed by atoms with E-state index in [0.717, 1.165) is 0 Å². The Balaban J connectivity index is 2.38. The van der Waals surface area contributed by atoms with Gasteiger partial charge in [-0.1, -0.05) is 0 Å². The van der Waals surface area contributed by atoms with E-state index < -0.39 is 59.8 Å². The molecule has 0 aromatic rings. The van der Waals surface area contributed by atoms with Crippen molar-refractivity contribution in [3.05, 3.63) is 11.5 Å². The number of cyclic esters (lactones) is 1. The molecular weight excluding hydrogens is 398 g/mol. The second kappa shape index (κ2) is 6.67. The fourth-order valence-corrected chi connectivity index (χ4v) is 2.07. The zero-order valence-corrected chi connectivity index (χ0v) is 13.4. The van der Waals surface area contributed by atoms with Crippen LogP contribution in [0.15, 0.2) is 11.5 Å². The third-order valence-corrected chi connectivity index (χ3v) is 3.13. The van der Waals surface area contributed by atoms with Gasteiger partial charge in [-0.2, -0.15) is 26.3 Å². The maximum Gasteiger partial charge on any atom is 0.491 e. The summed E-state index contributed by atoms with van der Waals surface area (Å²) in [5.74, 6) is -11.9. The van der Waals surface area contributed by atoms with E-state index in [1.54, 1.807) is 0 Å². The van der Waals surface area contributed by atoms with E-state index in [9.17, 15) is 40.7 Å². The second-order valence-electron chi connectivity index (χ2n) is 5.66. The standard InChI is InChI=1S/C13H10F6O8/c1-11(2)23-3-4(27-11)5-6(25-9(21)12(14,15)16)7(8(20)24-5)26-10(22)13(17,18)19/h4-5H,3H2,1-2H3/t4-,5+/m0/s1. The summed E-state index contributed by atoms with van der Waals surface area (Å²) >= 11 is 0. The van der Waals surface area contributed by atoms with E-state index in [1.165, 1.54) is 13.8 Å². The molecule has 0 N–H and O–H groups in total. The van der Waals surface area contributed by atoms with Gasteiger partial charge in [0.15, 0.2) is 11.9 Å². The minimum absolute atomic E-state index is 0.376. The number of carbonyl (C=O) groups is 3. The number of halogens is 6. The van der Waals surface area contributed by atoms with Crippen molar-refractivity contribution in [2.24, 2.45) is 0 Å². The Morgan fingerprint density at radius 1 is 1.04 bits per heavy atom. The molecular formula is C13H10F6O8. The van der Waals surface area contributed by atoms with Gasteiger partial charge in [-0.25, -0.2) is 14.4 Å². The molecule has 2 aliphatic rings. The van der Waals surface area contributed by atoms with Gasteiger partial charge in [0.25, 0.3) is 5.76 Å². The first-order valence-electron chi connectivity index (χ1n) is 6.97. The normalized spacial score (nSPS) is 25.4. The van der Waals surface area contributed by atoms with Gasteiger partial charge in [0.05, 0.1) is 6.61 Å². The smallest absolute Gasteiger partial charge is 0.445 e. The van der Waals surface area contributed by atoms with Crippen molar-refractivity contribution in [2.45, 2.75) is 44.2 Å². The molecule has 27 heavy (non-hydrogen) atoms. The molecule has 0 aromatic carbocycles. The summed E-state index contributed by atoms with van der Waals surface area (Å²) in [7, 11) is 0. The average Bonchev–Trinajstić information content (AvgIpc) is 2.98. The molecule has 8 nitrogen and oxygen atoms in total. The number of alkyl halides is 6. The molecule has 2 aliphatic heterocycles. The van der Waals surface area contributed by atoms with Crippen LogP contribution in [0.25, 0.3) is 0 Å². The van der Waals surface area contributed by atoms with Crippen LogP contribution in [0, 0.1) is 0 Å². The van der Waals surface area contributed by atoms with Gasteiger partial charge in [0.2, 0.25) is 5.76 Å². The molecule has 152 valence electrons. The Hall–Kier alpha value is -2.35. The first-order chi connectivity index (χ1) is 12.1. The number of ether oxygens (including phenoxy) is 5. The molecule has 2 heterocycles. The number of carbonyl (C=O) groups excluding carboxylic acids is 3. The van der Waals surface area contributed by atoms with E-state index in [1.807, 2.05) is 0 Å². The maximum atomic E-state index is 12.4. The highest BCUT2D eigenvalue weighted by molar-refractivity contribution is 5.94. The van der Waals surface area contributed by atoms with Crippen molar-refractivity contribution in [1.29, 1.82) is 0 Å². The topological polar surface area (TPSA) is 97.4 Å². The molecule has 1 fully saturated rings. The minimum Gasteiger partial charge on any atom is -0.445 e. The van der Waals surface area contributed by atoms with Crippen molar-refractivity contribution in [3.8, 4) is 0 Å². The van der Waals surface area contributed by atoms with Gasteiger partial charge in [-0.3, -0.25) is 0 Å². The molecule has 14 heteroatoms. The summed E-state index contributed by atoms with van der Waals surface area (Å²) in [5.41, 5.74) is 0. The summed E-state index contributed by atoms with van der Waals surface area (Å²) in [6.07, 6.45) is -14.4. The van der Waals surface area contributed by atoms with Crippen LogP contribution < -0.4 is 0 Å². The van der Waals surface area contributed by atoms with Crippen LogP contribution >= 0.6 is 0 Å². The summed E-state index contributed by atoms with van der Waals surface area (Å²) in [6, 6.07) is 0. The van der Waals surface area contributed by atoms with Crippen LogP contribution in [-0.4, -0.2) is 54.9 Å². The Bertz CT molecular complexity index is 692. The predicted molar refractivity (Wildman–Crippen MR) is 66.1 cm³/mol. The Morgan fingerprint density at radius 2 is 1.56 bits per heavy atom. The van der Waals surface area contributed by atoms with E-state index in [4.69, 9.17) is 9.47 Å². The Kier molecular flexibility index (Phi) is 5.18. The monoisotopic (exact) mass is 408 g/mol. The summed E-state index contributed by atoms with van der Waals surface area (Å²) in [4.78, 5) is 33.7. The van der Waals surface area contributed by atoms with Gasteiger partial charge in [0.1, 0.15) is 6.10 Å². The zero-order valence-electron chi connectivity index (χ0n) is 13.4. The number of rotatable bonds is 3.